The topological polar surface area (TPSA) is 23.8 Å². The van der Waals surface area contributed by atoms with Gasteiger partial charge < -0.3 is 0 Å². The maximum atomic E-state index is 9.17. The third-order valence-corrected chi connectivity index (χ3v) is 4.31. The highest BCUT2D eigenvalue weighted by molar-refractivity contribution is 7.99. The fourth-order valence-corrected chi connectivity index (χ4v) is 3.14. The van der Waals surface area contributed by atoms with E-state index in [9.17, 15) is 5.26 Å². The summed E-state index contributed by atoms with van der Waals surface area (Å²) in [5.74, 6) is 0. The van der Waals surface area contributed by atoms with Crippen LogP contribution in [0.3, 0.4) is 0 Å². The first kappa shape index (κ1) is 13.1. The van der Waals surface area contributed by atoms with Crippen molar-refractivity contribution in [3.05, 3.63) is 71.2 Å². The Morgan fingerprint density at radius 2 is 1.70 bits per heavy atom. The predicted octanol–water partition coefficient (Wildman–Crippen LogP) is 5.52. The third kappa shape index (κ3) is 2.65. The van der Waals surface area contributed by atoms with Gasteiger partial charge in [-0.15, -0.1) is 0 Å². The lowest BCUT2D eigenvalue weighted by Crippen LogP contribution is -1.82. The molecule has 0 bridgehead atoms. The Kier molecular flexibility index (Phi) is 3.64. The summed E-state index contributed by atoms with van der Waals surface area (Å²) in [6.07, 6.45) is 0. The first-order chi connectivity index (χ1) is 9.76. The summed E-state index contributed by atoms with van der Waals surface area (Å²) in [7, 11) is 0. The third-order valence-electron chi connectivity index (χ3n) is 3.01. The fraction of sp³-hybridized carbons (Fsp3) is 0. The van der Waals surface area contributed by atoms with Crippen LogP contribution in [0.15, 0.2) is 70.5 Å². The molecule has 0 radical (unpaired) electrons. The highest BCUT2D eigenvalue weighted by atomic mass is 35.5. The van der Waals surface area contributed by atoms with Gasteiger partial charge in [-0.2, -0.15) is 5.26 Å². The van der Waals surface area contributed by atoms with Crippen LogP contribution in [-0.4, -0.2) is 0 Å². The van der Waals surface area contributed by atoms with Crippen molar-refractivity contribution in [2.75, 3.05) is 0 Å². The van der Waals surface area contributed by atoms with E-state index in [-0.39, 0.29) is 0 Å². The number of nitrogens with zero attached hydrogens (tertiary/aromatic N) is 1. The van der Waals surface area contributed by atoms with Gasteiger partial charge in [0.1, 0.15) is 6.07 Å². The van der Waals surface area contributed by atoms with Crippen LogP contribution >= 0.6 is 23.4 Å². The molecule has 96 valence electrons. The smallest absolute Gasteiger partial charge is 0.100 e. The van der Waals surface area contributed by atoms with Crippen LogP contribution in [0.2, 0.25) is 5.02 Å². The van der Waals surface area contributed by atoms with Gasteiger partial charge in [0.05, 0.1) is 5.56 Å². The molecule has 0 saturated heterocycles. The molecule has 0 saturated carbocycles. The minimum absolute atomic E-state index is 0.587. The van der Waals surface area contributed by atoms with Crippen LogP contribution in [0.5, 0.6) is 0 Å². The van der Waals surface area contributed by atoms with E-state index >= 15 is 0 Å². The zero-order valence-corrected chi connectivity index (χ0v) is 12.1. The van der Waals surface area contributed by atoms with Crippen molar-refractivity contribution in [1.82, 2.24) is 0 Å². The normalized spacial score (nSPS) is 10.4. The molecule has 3 heteroatoms. The molecule has 0 unspecified atom stereocenters. The molecule has 0 aliphatic heterocycles. The Morgan fingerprint density at radius 3 is 2.50 bits per heavy atom. The first-order valence-electron chi connectivity index (χ1n) is 6.12. The van der Waals surface area contributed by atoms with E-state index in [0.717, 1.165) is 9.79 Å². The van der Waals surface area contributed by atoms with Crippen molar-refractivity contribution in [2.45, 2.75) is 9.79 Å². The van der Waals surface area contributed by atoms with Crippen LogP contribution in [0, 0.1) is 11.3 Å². The molecule has 0 aromatic heterocycles. The van der Waals surface area contributed by atoms with Crippen LogP contribution in [0.1, 0.15) is 5.56 Å². The van der Waals surface area contributed by atoms with E-state index in [1.807, 2.05) is 24.3 Å². The summed E-state index contributed by atoms with van der Waals surface area (Å²) in [6.45, 7) is 0. The van der Waals surface area contributed by atoms with Crippen molar-refractivity contribution < 1.29 is 0 Å². The molecule has 0 amide bonds. The molecule has 0 fully saturated rings. The number of halogens is 1. The van der Waals surface area contributed by atoms with Crippen LogP contribution in [0.25, 0.3) is 10.8 Å². The lowest BCUT2D eigenvalue weighted by atomic mass is 10.1. The first-order valence-corrected chi connectivity index (χ1v) is 7.32. The molecule has 1 nitrogen and oxygen atoms in total. The van der Waals surface area contributed by atoms with Gasteiger partial charge in [0.2, 0.25) is 0 Å². The molecule has 3 aromatic carbocycles. The molecule has 0 heterocycles. The molecule has 0 aliphatic rings. The molecule has 0 spiro atoms. The number of hydrogen-bond acceptors (Lipinski definition) is 2. The van der Waals surface area contributed by atoms with Crippen LogP contribution < -0.4 is 0 Å². The van der Waals surface area contributed by atoms with Crippen molar-refractivity contribution in [2.24, 2.45) is 0 Å². The standard InChI is InChI=1S/C17H10ClNS/c18-15-6-8-17(14(9-15)11-19)20-16-7-5-12-3-1-2-4-13(12)10-16/h1-10H. The zero-order chi connectivity index (χ0) is 13.9. The molecule has 3 aromatic rings. The average Bonchev–Trinajstić information content (AvgIpc) is 2.49. The van der Waals surface area contributed by atoms with Gasteiger partial charge in [0, 0.05) is 14.8 Å². The Morgan fingerprint density at radius 1 is 0.900 bits per heavy atom. The lowest BCUT2D eigenvalue weighted by Gasteiger charge is -2.06. The van der Waals surface area contributed by atoms with E-state index in [2.05, 4.69) is 36.4 Å². The highest BCUT2D eigenvalue weighted by Crippen LogP contribution is 2.33. The molecule has 20 heavy (non-hydrogen) atoms. The van der Waals surface area contributed by atoms with Gasteiger partial charge >= 0.3 is 0 Å². The minimum Gasteiger partial charge on any atom is -0.192 e. The van der Waals surface area contributed by atoms with E-state index in [0.29, 0.717) is 10.6 Å². The number of benzene rings is 3. The molecule has 3 rings (SSSR count). The zero-order valence-electron chi connectivity index (χ0n) is 10.5. The highest BCUT2D eigenvalue weighted by Gasteiger charge is 2.05. The minimum atomic E-state index is 0.587. The summed E-state index contributed by atoms with van der Waals surface area (Å²) in [5.41, 5.74) is 0.607. The Labute approximate surface area is 126 Å². The number of hydrogen-bond donors (Lipinski definition) is 0. The average molecular weight is 296 g/mol. The lowest BCUT2D eigenvalue weighted by molar-refractivity contribution is 1.35. The summed E-state index contributed by atoms with van der Waals surface area (Å²) in [5, 5.41) is 12.2. The maximum Gasteiger partial charge on any atom is 0.100 e. The molecule has 0 N–H and O–H groups in total. The van der Waals surface area contributed by atoms with Crippen LogP contribution in [-0.2, 0) is 0 Å². The van der Waals surface area contributed by atoms with Crippen molar-refractivity contribution in [1.29, 1.82) is 5.26 Å². The maximum absolute atomic E-state index is 9.17. The van der Waals surface area contributed by atoms with Crippen molar-refractivity contribution >= 4 is 34.1 Å². The van der Waals surface area contributed by atoms with Gasteiger partial charge in [-0.3, -0.25) is 0 Å². The number of fused-ring (bicyclic) bond motifs is 1. The van der Waals surface area contributed by atoms with E-state index < -0.39 is 0 Å². The monoisotopic (exact) mass is 295 g/mol. The molecule has 0 aliphatic carbocycles. The molecular weight excluding hydrogens is 286 g/mol. The summed E-state index contributed by atoms with van der Waals surface area (Å²) < 4.78 is 0. The molecular formula is C17H10ClNS. The Hall–Kier alpha value is -1.95. The van der Waals surface area contributed by atoms with Crippen molar-refractivity contribution in [3.63, 3.8) is 0 Å². The second-order valence-corrected chi connectivity index (χ2v) is 5.92. The van der Waals surface area contributed by atoms with Gasteiger partial charge in [0.25, 0.3) is 0 Å². The second-order valence-electron chi connectivity index (χ2n) is 4.36. The van der Waals surface area contributed by atoms with E-state index in [1.54, 1.807) is 17.8 Å². The SMILES string of the molecule is N#Cc1cc(Cl)ccc1Sc1ccc2ccccc2c1. The van der Waals surface area contributed by atoms with Gasteiger partial charge in [-0.25, -0.2) is 0 Å². The Bertz CT molecular complexity index is 821. The van der Waals surface area contributed by atoms with Gasteiger partial charge in [-0.1, -0.05) is 53.7 Å². The van der Waals surface area contributed by atoms with Gasteiger partial charge in [0.15, 0.2) is 0 Å². The number of rotatable bonds is 2. The van der Waals surface area contributed by atoms with E-state index in [1.165, 1.54) is 10.8 Å². The summed E-state index contributed by atoms with van der Waals surface area (Å²) >= 11 is 7.50. The van der Waals surface area contributed by atoms with Gasteiger partial charge in [-0.05, 0) is 41.1 Å². The summed E-state index contributed by atoms with van der Waals surface area (Å²) in [4.78, 5) is 2.04. The predicted molar refractivity (Wildman–Crippen MR) is 84.2 cm³/mol. The fourth-order valence-electron chi connectivity index (χ4n) is 2.04. The second kappa shape index (κ2) is 5.58. The van der Waals surface area contributed by atoms with E-state index in [4.69, 9.17) is 11.6 Å². The summed E-state index contributed by atoms with van der Waals surface area (Å²) in [6, 6.07) is 22.1. The van der Waals surface area contributed by atoms with Crippen LogP contribution in [0.4, 0.5) is 0 Å². The largest absolute Gasteiger partial charge is 0.192 e. The Balaban J connectivity index is 1.99. The quantitative estimate of drug-likeness (QED) is 0.622. The number of nitriles is 1. The molecule has 0 atom stereocenters. The van der Waals surface area contributed by atoms with Crippen molar-refractivity contribution in [3.8, 4) is 6.07 Å².